The molecule has 1 saturated heterocycles. The molecule has 1 rings (SSSR count). The van der Waals surface area contributed by atoms with Crippen LogP contribution in [0.5, 0.6) is 0 Å². The van der Waals surface area contributed by atoms with Crippen molar-refractivity contribution in [2.45, 2.75) is 103 Å². The molecule has 1 unspecified atom stereocenters. The zero-order chi connectivity index (χ0) is 20.5. The molecule has 0 aliphatic carbocycles. The van der Waals surface area contributed by atoms with Gasteiger partial charge in [0.15, 0.2) is 0 Å². The number of esters is 1. The summed E-state index contributed by atoms with van der Waals surface area (Å²) in [5, 5.41) is 0. The fourth-order valence-electron chi connectivity index (χ4n) is 3.86. The van der Waals surface area contributed by atoms with E-state index in [0.717, 1.165) is 13.0 Å². The van der Waals surface area contributed by atoms with Crippen molar-refractivity contribution in [2.75, 3.05) is 20.2 Å². The lowest BCUT2D eigenvalue weighted by Gasteiger charge is -2.15. The van der Waals surface area contributed by atoms with Crippen LogP contribution in [-0.2, 0) is 14.3 Å². The van der Waals surface area contributed by atoms with Gasteiger partial charge in [-0.1, -0.05) is 76.9 Å². The normalized spacial score (nSPS) is 17.0. The van der Waals surface area contributed by atoms with E-state index in [2.05, 4.69) is 19.1 Å². The van der Waals surface area contributed by atoms with Crippen LogP contribution >= 0.6 is 0 Å². The van der Waals surface area contributed by atoms with Crippen LogP contribution in [0.25, 0.3) is 0 Å². The maximum atomic E-state index is 11.9. The molecule has 0 aromatic rings. The molecule has 1 amide bonds. The number of hydrogen-bond acceptors (Lipinski definition) is 3. The minimum Gasteiger partial charge on any atom is -0.469 e. The van der Waals surface area contributed by atoms with E-state index in [-0.39, 0.29) is 17.8 Å². The van der Waals surface area contributed by atoms with Gasteiger partial charge in [-0.15, -0.1) is 0 Å². The first-order valence-electron chi connectivity index (χ1n) is 11.7. The molecular weight excluding hydrogens is 350 g/mol. The van der Waals surface area contributed by atoms with Crippen molar-refractivity contribution in [3.63, 3.8) is 0 Å². The number of methoxy groups -OCH3 is 1. The molecule has 0 N–H and O–H groups in total. The van der Waals surface area contributed by atoms with E-state index in [4.69, 9.17) is 4.74 Å². The number of hydrogen-bond donors (Lipinski definition) is 0. The first kappa shape index (κ1) is 24.7. The van der Waals surface area contributed by atoms with Gasteiger partial charge in [-0.05, 0) is 32.1 Å². The van der Waals surface area contributed by atoms with Crippen LogP contribution in [0, 0.1) is 5.92 Å². The fraction of sp³-hybridized carbons (Fsp3) is 0.833. The molecule has 1 fully saturated rings. The van der Waals surface area contributed by atoms with Crippen molar-refractivity contribution in [3.05, 3.63) is 12.2 Å². The number of amides is 1. The molecular formula is C24H43NO3. The molecule has 0 aromatic carbocycles. The van der Waals surface area contributed by atoms with Gasteiger partial charge < -0.3 is 9.64 Å². The molecule has 1 atom stereocenters. The van der Waals surface area contributed by atoms with Crippen LogP contribution in [0.2, 0.25) is 0 Å². The molecule has 0 aromatic heterocycles. The van der Waals surface area contributed by atoms with Crippen LogP contribution in [-0.4, -0.2) is 37.0 Å². The maximum absolute atomic E-state index is 11.9. The number of ether oxygens (including phenoxy) is 1. The Bertz CT molecular complexity index is 447. The van der Waals surface area contributed by atoms with Gasteiger partial charge in [0.05, 0.1) is 13.0 Å². The van der Waals surface area contributed by atoms with Crippen LogP contribution in [0.3, 0.4) is 0 Å². The van der Waals surface area contributed by atoms with Crippen molar-refractivity contribution in [1.29, 1.82) is 0 Å². The number of carbonyl (C=O) groups excluding carboxylic acids is 2. The molecule has 4 nitrogen and oxygen atoms in total. The number of unbranched alkanes of at least 4 members (excludes halogenated alkanes) is 12. The van der Waals surface area contributed by atoms with E-state index >= 15 is 0 Å². The average molecular weight is 394 g/mol. The first-order valence-corrected chi connectivity index (χ1v) is 11.7. The molecule has 162 valence electrons. The molecule has 1 heterocycles. The van der Waals surface area contributed by atoms with E-state index < -0.39 is 0 Å². The third-order valence-electron chi connectivity index (χ3n) is 5.69. The van der Waals surface area contributed by atoms with E-state index in [0.29, 0.717) is 13.0 Å². The summed E-state index contributed by atoms with van der Waals surface area (Å²) in [6.45, 7) is 3.59. The van der Waals surface area contributed by atoms with Gasteiger partial charge in [-0.25, -0.2) is 0 Å². The Kier molecular flexibility index (Phi) is 14.7. The minimum atomic E-state index is -0.258. The third-order valence-corrected chi connectivity index (χ3v) is 5.69. The van der Waals surface area contributed by atoms with Crippen molar-refractivity contribution in [3.8, 4) is 0 Å². The van der Waals surface area contributed by atoms with Crippen LogP contribution in [0.15, 0.2) is 12.2 Å². The van der Waals surface area contributed by atoms with Gasteiger partial charge in [-0.2, -0.15) is 0 Å². The topological polar surface area (TPSA) is 46.6 Å². The van der Waals surface area contributed by atoms with Gasteiger partial charge in [0.25, 0.3) is 0 Å². The molecule has 1 aliphatic rings. The summed E-state index contributed by atoms with van der Waals surface area (Å²) in [5.74, 6) is -0.411. The lowest BCUT2D eigenvalue weighted by molar-refractivity contribution is -0.145. The number of carbonyl (C=O) groups is 2. The zero-order valence-electron chi connectivity index (χ0n) is 18.4. The first-order chi connectivity index (χ1) is 13.7. The van der Waals surface area contributed by atoms with Gasteiger partial charge in [0.2, 0.25) is 5.91 Å². The second-order valence-electron chi connectivity index (χ2n) is 8.20. The van der Waals surface area contributed by atoms with E-state index in [1.54, 1.807) is 0 Å². The average Bonchev–Trinajstić information content (AvgIpc) is 3.07. The molecule has 0 saturated carbocycles. The summed E-state index contributed by atoms with van der Waals surface area (Å²) in [6.07, 6.45) is 23.1. The fourth-order valence-corrected chi connectivity index (χ4v) is 3.86. The quantitative estimate of drug-likeness (QED) is 0.172. The van der Waals surface area contributed by atoms with Gasteiger partial charge >= 0.3 is 5.97 Å². The Labute approximate surface area is 173 Å². The van der Waals surface area contributed by atoms with Crippen LogP contribution < -0.4 is 0 Å². The summed E-state index contributed by atoms with van der Waals surface area (Å²) >= 11 is 0. The maximum Gasteiger partial charge on any atom is 0.310 e. The largest absolute Gasteiger partial charge is 0.469 e. The standard InChI is InChI=1S/C24H43NO3/c1-3-4-5-6-7-8-9-10-11-12-13-14-15-16-17-18-19-25-21-22(20-23(25)26)24(27)28-2/h10-11,22H,3-9,12-21H2,1-2H3. The molecule has 0 radical (unpaired) electrons. The van der Waals surface area contributed by atoms with Crippen LogP contribution in [0.1, 0.15) is 103 Å². The summed E-state index contributed by atoms with van der Waals surface area (Å²) in [6, 6.07) is 0. The van der Waals surface area contributed by atoms with Crippen LogP contribution in [0.4, 0.5) is 0 Å². The van der Waals surface area contributed by atoms with E-state index in [1.807, 2.05) is 4.90 Å². The summed E-state index contributed by atoms with van der Waals surface area (Å²) in [7, 11) is 1.39. The highest BCUT2D eigenvalue weighted by molar-refractivity contribution is 5.86. The zero-order valence-corrected chi connectivity index (χ0v) is 18.4. The summed E-state index contributed by atoms with van der Waals surface area (Å²) in [4.78, 5) is 25.3. The number of likely N-dealkylation sites (tertiary alicyclic amines) is 1. The predicted molar refractivity (Wildman–Crippen MR) is 116 cm³/mol. The molecule has 28 heavy (non-hydrogen) atoms. The molecule has 4 heteroatoms. The monoisotopic (exact) mass is 393 g/mol. The number of rotatable bonds is 17. The Morgan fingerprint density at radius 1 is 0.929 bits per heavy atom. The van der Waals surface area contributed by atoms with E-state index in [1.165, 1.54) is 90.6 Å². The second kappa shape index (κ2) is 16.6. The van der Waals surface area contributed by atoms with E-state index in [9.17, 15) is 9.59 Å². The highest BCUT2D eigenvalue weighted by Gasteiger charge is 2.34. The lowest BCUT2D eigenvalue weighted by atomic mass is 10.1. The molecule has 0 bridgehead atoms. The van der Waals surface area contributed by atoms with Crippen molar-refractivity contribution in [2.24, 2.45) is 5.92 Å². The molecule has 0 spiro atoms. The molecule has 1 aliphatic heterocycles. The Morgan fingerprint density at radius 3 is 2.04 bits per heavy atom. The SMILES string of the molecule is CCCCCCCCC=CCCCCCCCCN1CC(C(=O)OC)CC1=O. The summed E-state index contributed by atoms with van der Waals surface area (Å²) in [5.41, 5.74) is 0. The van der Waals surface area contributed by atoms with Gasteiger partial charge in [-0.3, -0.25) is 9.59 Å². The van der Waals surface area contributed by atoms with Gasteiger partial charge in [0, 0.05) is 19.5 Å². The van der Waals surface area contributed by atoms with Gasteiger partial charge in [0.1, 0.15) is 0 Å². The lowest BCUT2D eigenvalue weighted by Crippen LogP contribution is -2.27. The smallest absolute Gasteiger partial charge is 0.310 e. The number of allylic oxidation sites excluding steroid dienone is 2. The predicted octanol–water partition coefficient (Wildman–Crippen LogP) is 6.05. The number of nitrogens with zero attached hydrogens (tertiary/aromatic N) is 1. The Morgan fingerprint density at radius 2 is 1.46 bits per heavy atom. The third kappa shape index (κ3) is 11.5. The van der Waals surface area contributed by atoms with Crippen molar-refractivity contribution in [1.82, 2.24) is 4.90 Å². The highest BCUT2D eigenvalue weighted by atomic mass is 16.5. The Hall–Kier alpha value is -1.32. The van der Waals surface area contributed by atoms with Crippen molar-refractivity contribution < 1.29 is 14.3 Å². The highest BCUT2D eigenvalue weighted by Crippen LogP contribution is 2.20. The summed E-state index contributed by atoms with van der Waals surface area (Å²) < 4.78 is 4.74. The second-order valence-corrected chi connectivity index (χ2v) is 8.20. The van der Waals surface area contributed by atoms with Crippen molar-refractivity contribution >= 4 is 11.9 Å². The minimum absolute atomic E-state index is 0.100. The Balaban J connectivity index is 1.86.